The predicted molar refractivity (Wildman–Crippen MR) is 86.8 cm³/mol. The van der Waals surface area contributed by atoms with Gasteiger partial charge in [-0.1, -0.05) is 24.3 Å². The van der Waals surface area contributed by atoms with Crippen LogP contribution in [0.2, 0.25) is 0 Å². The van der Waals surface area contributed by atoms with Crippen LogP contribution in [0.4, 0.5) is 5.69 Å². The molecule has 0 atom stereocenters. The number of ether oxygens (including phenoxy) is 2. The number of nitrogens with one attached hydrogen (secondary N) is 1. The first-order chi connectivity index (χ1) is 11.3. The fourth-order valence-electron chi connectivity index (χ4n) is 1.76. The molecule has 0 radical (unpaired) electrons. The molecule has 0 unspecified atom stereocenters. The Morgan fingerprint density at radius 2 is 1.57 bits per heavy atom. The predicted octanol–water partition coefficient (Wildman–Crippen LogP) is 3.49. The molecule has 0 amide bonds. The second kappa shape index (κ2) is 8.76. The summed E-state index contributed by atoms with van der Waals surface area (Å²) in [6, 6.07) is 20.3. The highest BCUT2D eigenvalue weighted by atomic mass is 16.5. The Labute approximate surface area is 135 Å². The lowest BCUT2D eigenvalue weighted by Gasteiger charge is -2.09. The van der Waals surface area contributed by atoms with Crippen LogP contribution in [0.25, 0.3) is 0 Å². The van der Waals surface area contributed by atoms with E-state index in [4.69, 9.17) is 20.0 Å². The van der Waals surface area contributed by atoms with Crippen LogP contribution < -0.4 is 14.8 Å². The standard InChI is InChI=1S/C18H15N3O2/c19-12-15(13-20)14-21-16-5-4-8-18(11-16)23-10-9-22-17-6-2-1-3-7-17/h1-8,11,14,21H,9-10H2. The highest BCUT2D eigenvalue weighted by molar-refractivity contribution is 5.52. The third kappa shape index (κ3) is 5.45. The number of anilines is 1. The molecule has 23 heavy (non-hydrogen) atoms. The second-order valence-electron chi connectivity index (χ2n) is 4.46. The Bertz CT molecular complexity index is 727. The van der Waals surface area contributed by atoms with Crippen molar-refractivity contribution in [3.05, 3.63) is 66.4 Å². The summed E-state index contributed by atoms with van der Waals surface area (Å²) in [5.74, 6) is 1.48. The van der Waals surface area contributed by atoms with Gasteiger partial charge in [-0.25, -0.2) is 0 Å². The van der Waals surface area contributed by atoms with Crippen molar-refractivity contribution >= 4 is 5.69 Å². The molecule has 0 spiro atoms. The third-order valence-corrected chi connectivity index (χ3v) is 2.82. The molecule has 0 saturated heterocycles. The monoisotopic (exact) mass is 305 g/mol. The van der Waals surface area contributed by atoms with Gasteiger partial charge >= 0.3 is 0 Å². The van der Waals surface area contributed by atoms with Crippen LogP contribution in [0, 0.1) is 22.7 Å². The van der Waals surface area contributed by atoms with Gasteiger partial charge in [0.05, 0.1) is 0 Å². The molecule has 0 saturated carbocycles. The van der Waals surface area contributed by atoms with E-state index in [0.717, 1.165) is 11.4 Å². The molecule has 0 heterocycles. The Morgan fingerprint density at radius 3 is 2.26 bits per heavy atom. The van der Waals surface area contributed by atoms with Crippen LogP contribution in [-0.2, 0) is 0 Å². The number of para-hydroxylation sites is 1. The number of hydrogen-bond donors (Lipinski definition) is 1. The molecule has 5 heteroatoms. The fourth-order valence-corrected chi connectivity index (χ4v) is 1.76. The second-order valence-corrected chi connectivity index (χ2v) is 4.46. The third-order valence-electron chi connectivity index (χ3n) is 2.82. The van der Waals surface area contributed by atoms with E-state index in [9.17, 15) is 0 Å². The fraction of sp³-hybridized carbons (Fsp3) is 0.111. The Balaban J connectivity index is 1.82. The zero-order valence-electron chi connectivity index (χ0n) is 12.4. The lowest BCUT2D eigenvalue weighted by atomic mass is 10.3. The van der Waals surface area contributed by atoms with E-state index in [1.54, 1.807) is 18.2 Å². The molecule has 0 aliphatic carbocycles. The first kappa shape index (κ1) is 15.9. The molecular formula is C18H15N3O2. The van der Waals surface area contributed by atoms with Crippen molar-refractivity contribution < 1.29 is 9.47 Å². The van der Waals surface area contributed by atoms with Gasteiger partial charge in [-0.2, -0.15) is 10.5 Å². The zero-order valence-corrected chi connectivity index (χ0v) is 12.4. The van der Waals surface area contributed by atoms with Gasteiger partial charge in [0.2, 0.25) is 0 Å². The summed E-state index contributed by atoms with van der Waals surface area (Å²) >= 11 is 0. The topological polar surface area (TPSA) is 78.1 Å². The number of allylic oxidation sites excluding steroid dienone is 1. The Hall–Kier alpha value is -3.44. The van der Waals surface area contributed by atoms with Gasteiger partial charge in [0.1, 0.15) is 42.4 Å². The van der Waals surface area contributed by atoms with E-state index in [2.05, 4.69) is 5.32 Å². The number of rotatable bonds is 7. The van der Waals surface area contributed by atoms with Crippen LogP contribution in [0.5, 0.6) is 11.5 Å². The van der Waals surface area contributed by atoms with Crippen molar-refractivity contribution in [2.75, 3.05) is 18.5 Å². The van der Waals surface area contributed by atoms with Crippen molar-refractivity contribution in [2.45, 2.75) is 0 Å². The van der Waals surface area contributed by atoms with Crippen molar-refractivity contribution in [1.29, 1.82) is 10.5 Å². The number of hydrogen-bond acceptors (Lipinski definition) is 5. The molecule has 2 rings (SSSR count). The quantitative estimate of drug-likeness (QED) is 0.626. The lowest BCUT2D eigenvalue weighted by Crippen LogP contribution is -2.08. The van der Waals surface area contributed by atoms with Crippen molar-refractivity contribution in [3.8, 4) is 23.6 Å². The molecule has 0 aliphatic heterocycles. The summed E-state index contributed by atoms with van der Waals surface area (Å²) in [5.41, 5.74) is 0.738. The molecule has 2 aromatic carbocycles. The first-order valence-corrected chi connectivity index (χ1v) is 6.99. The van der Waals surface area contributed by atoms with Crippen LogP contribution in [0.15, 0.2) is 66.4 Å². The number of benzene rings is 2. The number of nitrogens with zero attached hydrogens (tertiary/aromatic N) is 2. The summed E-state index contributed by atoms with van der Waals surface area (Å²) < 4.78 is 11.2. The molecule has 0 bridgehead atoms. The lowest BCUT2D eigenvalue weighted by molar-refractivity contribution is 0.217. The summed E-state index contributed by atoms with van der Waals surface area (Å²) in [7, 11) is 0. The van der Waals surface area contributed by atoms with Gasteiger partial charge < -0.3 is 14.8 Å². The van der Waals surface area contributed by atoms with Gasteiger partial charge in [-0.15, -0.1) is 0 Å². The zero-order chi connectivity index (χ0) is 16.3. The van der Waals surface area contributed by atoms with Gasteiger partial charge in [-0.3, -0.25) is 0 Å². The van der Waals surface area contributed by atoms with E-state index in [-0.39, 0.29) is 5.57 Å². The highest BCUT2D eigenvalue weighted by Crippen LogP contribution is 2.17. The average molecular weight is 305 g/mol. The van der Waals surface area contributed by atoms with Crippen molar-refractivity contribution in [3.63, 3.8) is 0 Å². The van der Waals surface area contributed by atoms with E-state index in [1.165, 1.54) is 6.20 Å². The molecule has 5 nitrogen and oxygen atoms in total. The first-order valence-electron chi connectivity index (χ1n) is 6.99. The maximum atomic E-state index is 8.68. The van der Waals surface area contributed by atoms with E-state index < -0.39 is 0 Å². The molecule has 2 aromatic rings. The van der Waals surface area contributed by atoms with Gasteiger partial charge in [0, 0.05) is 18.0 Å². The summed E-state index contributed by atoms with van der Waals surface area (Å²) in [6.07, 6.45) is 1.36. The normalized spacial score (nSPS) is 9.13. The Morgan fingerprint density at radius 1 is 0.913 bits per heavy atom. The molecule has 0 aromatic heterocycles. The smallest absolute Gasteiger partial charge is 0.145 e. The van der Waals surface area contributed by atoms with Crippen LogP contribution >= 0.6 is 0 Å². The van der Waals surface area contributed by atoms with Gasteiger partial charge in [0.25, 0.3) is 0 Å². The Kier molecular flexibility index (Phi) is 6.07. The maximum absolute atomic E-state index is 8.68. The minimum Gasteiger partial charge on any atom is -0.490 e. The highest BCUT2D eigenvalue weighted by Gasteiger charge is 1.98. The van der Waals surface area contributed by atoms with Crippen molar-refractivity contribution in [1.82, 2.24) is 0 Å². The largest absolute Gasteiger partial charge is 0.490 e. The number of nitriles is 2. The van der Waals surface area contributed by atoms with Crippen molar-refractivity contribution in [2.24, 2.45) is 0 Å². The van der Waals surface area contributed by atoms with E-state index >= 15 is 0 Å². The summed E-state index contributed by atoms with van der Waals surface area (Å²) in [6.45, 7) is 0.852. The molecule has 1 N–H and O–H groups in total. The van der Waals surface area contributed by atoms with Gasteiger partial charge in [-0.05, 0) is 24.3 Å². The molecule has 0 fully saturated rings. The van der Waals surface area contributed by atoms with Crippen LogP contribution in [-0.4, -0.2) is 13.2 Å². The minimum atomic E-state index is 0.00702. The SMILES string of the molecule is N#CC(C#N)=CNc1cccc(OCCOc2ccccc2)c1. The van der Waals surface area contributed by atoms with Crippen LogP contribution in [0.1, 0.15) is 0 Å². The van der Waals surface area contributed by atoms with Crippen LogP contribution in [0.3, 0.4) is 0 Å². The molecular weight excluding hydrogens is 290 g/mol. The summed E-state index contributed by atoms with van der Waals surface area (Å²) in [5, 5.41) is 20.2. The molecule has 114 valence electrons. The van der Waals surface area contributed by atoms with E-state index in [1.807, 2.05) is 48.5 Å². The van der Waals surface area contributed by atoms with Gasteiger partial charge in [0.15, 0.2) is 0 Å². The van der Waals surface area contributed by atoms with E-state index in [0.29, 0.717) is 19.0 Å². The summed E-state index contributed by atoms with van der Waals surface area (Å²) in [4.78, 5) is 0. The molecule has 0 aliphatic rings. The maximum Gasteiger partial charge on any atom is 0.145 e. The average Bonchev–Trinajstić information content (AvgIpc) is 2.61. The minimum absolute atomic E-state index is 0.00702.